The van der Waals surface area contributed by atoms with E-state index in [-0.39, 0.29) is 5.56 Å². The first kappa shape index (κ1) is 21.5. The predicted molar refractivity (Wildman–Crippen MR) is 117 cm³/mol. The van der Waals surface area contributed by atoms with E-state index in [9.17, 15) is 17.6 Å². The molecular weight excluding hydrogens is 439 g/mol. The average Bonchev–Trinajstić information content (AvgIpc) is 3.15. The summed E-state index contributed by atoms with van der Waals surface area (Å²) in [7, 11) is -4.00. The number of piperidine rings is 1. The zero-order valence-electron chi connectivity index (χ0n) is 16.8. The van der Waals surface area contributed by atoms with Crippen LogP contribution in [0.4, 0.5) is 9.52 Å². The topological polar surface area (TPSA) is 92.3 Å². The molecule has 1 amide bonds. The van der Waals surface area contributed by atoms with Crippen molar-refractivity contribution in [3.63, 3.8) is 0 Å². The summed E-state index contributed by atoms with van der Waals surface area (Å²) in [6.07, 6.45) is 4.10. The van der Waals surface area contributed by atoms with Gasteiger partial charge in [0.05, 0.1) is 16.3 Å². The van der Waals surface area contributed by atoms with E-state index in [0.29, 0.717) is 23.9 Å². The van der Waals surface area contributed by atoms with E-state index in [0.717, 1.165) is 42.0 Å². The fraction of sp³-hybridized carbons (Fsp3) is 0.286. The molecule has 0 bridgehead atoms. The van der Waals surface area contributed by atoms with Crippen molar-refractivity contribution in [1.82, 2.24) is 14.3 Å². The van der Waals surface area contributed by atoms with E-state index < -0.39 is 26.6 Å². The molecule has 7 nitrogen and oxygen atoms in total. The summed E-state index contributed by atoms with van der Waals surface area (Å²) < 4.78 is 41.4. The number of carbonyl (C=O) groups is 1. The van der Waals surface area contributed by atoms with E-state index in [4.69, 9.17) is 0 Å². The fourth-order valence-electron chi connectivity index (χ4n) is 3.44. The number of anilines is 1. The molecule has 1 saturated heterocycles. The van der Waals surface area contributed by atoms with Crippen molar-refractivity contribution in [2.45, 2.75) is 31.1 Å². The van der Waals surface area contributed by atoms with Gasteiger partial charge in [-0.05, 0) is 50.1 Å². The van der Waals surface area contributed by atoms with Crippen molar-refractivity contribution >= 4 is 32.4 Å². The van der Waals surface area contributed by atoms with Gasteiger partial charge in [0.2, 0.25) is 10.0 Å². The van der Waals surface area contributed by atoms with Crippen LogP contribution in [0.25, 0.3) is 10.6 Å². The van der Waals surface area contributed by atoms with Gasteiger partial charge in [-0.25, -0.2) is 17.8 Å². The third-order valence-electron chi connectivity index (χ3n) is 5.04. The Kier molecular flexibility index (Phi) is 6.12. The number of nitrogens with zero attached hydrogens (tertiary/aromatic N) is 3. The Hall–Kier alpha value is -2.69. The number of nitrogens with one attached hydrogen (secondary N) is 1. The van der Waals surface area contributed by atoms with Gasteiger partial charge in [-0.2, -0.15) is 4.31 Å². The summed E-state index contributed by atoms with van der Waals surface area (Å²) in [5, 5.41) is 3.03. The molecular formula is C21H21FN4O3S2. The third-order valence-corrected chi connectivity index (χ3v) is 8.05. The third kappa shape index (κ3) is 4.51. The molecule has 0 aliphatic carbocycles. The van der Waals surface area contributed by atoms with Gasteiger partial charge < -0.3 is 0 Å². The van der Waals surface area contributed by atoms with Crippen LogP contribution in [-0.4, -0.2) is 41.7 Å². The Morgan fingerprint density at radius 3 is 2.65 bits per heavy atom. The van der Waals surface area contributed by atoms with Gasteiger partial charge in [0, 0.05) is 24.8 Å². The number of hydrogen-bond acceptors (Lipinski definition) is 6. The second kappa shape index (κ2) is 8.81. The second-order valence-electron chi connectivity index (χ2n) is 7.21. The van der Waals surface area contributed by atoms with Crippen LogP contribution in [0.3, 0.4) is 0 Å². The number of sulfonamides is 1. The summed E-state index contributed by atoms with van der Waals surface area (Å²) in [5.74, 6) is -1.43. The maximum absolute atomic E-state index is 14.4. The number of amides is 1. The highest BCUT2D eigenvalue weighted by molar-refractivity contribution is 7.89. The number of halogens is 1. The Morgan fingerprint density at radius 2 is 1.94 bits per heavy atom. The van der Waals surface area contributed by atoms with Crippen LogP contribution in [0.1, 0.15) is 35.3 Å². The number of rotatable bonds is 5. The molecule has 1 aliphatic heterocycles. The standard InChI is InChI=1S/C21H21FN4O3S2/c1-14-19(17-7-3-4-10-23-17)30-21(24-14)25-20(27)15-8-9-16(22)18(13-15)31(28,29)26-11-5-2-6-12-26/h3-4,7-10,13H,2,5-6,11-12H2,1H3,(H,24,25,27). The molecule has 1 N–H and O–H groups in total. The van der Waals surface area contributed by atoms with E-state index >= 15 is 0 Å². The lowest BCUT2D eigenvalue weighted by Crippen LogP contribution is -2.36. The smallest absolute Gasteiger partial charge is 0.257 e. The number of thiazole rings is 1. The minimum absolute atomic E-state index is 0.0456. The van der Waals surface area contributed by atoms with E-state index in [2.05, 4.69) is 15.3 Å². The van der Waals surface area contributed by atoms with Gasteiger partial charge in [0.25, 0.3) is 5.91 Å². The first-order chi connectivity index (χ1) is 14.9. The minimum Gasteiger partial charge on any atom is -0.298 e. The van der Waals surface area contributed by atoms with Crippen molar-refractivity contribution in [3.8, 4) is 10.6 Å². The first-order valence-electron chi connectivity index (χ1n) is 9.86. The van der Waals surface area contributed by atoms with Gasteiger partial charge in [0.1, 0.15) is 10.7 Å². The lowest BCUT2D eigenvalue weighted by atomic mass is 10.2. The molecule has 0 atom stereocenters. The van der Waals surface area contributed by atoms with E-state index in [1.165, 1.54) is 21.7 Å². The van der Waals surface area contributed by atoms with Gasteiger partial charge >= 0.3 is 0 Å². The first-order valence-corrected chi connectivity index (χ1v) is 12.1. The lowest BCUT2D eigenvalue weighted by Gasteiger charge is -2.26. The Labute approximate surface area is 184 Å². The van der Waals surface area contributed by atoms with Crippen LogP contribution >= 0.6 is 11.3 Å². The summed E-state index contributed by atoms with van der Waals surface area (Å²) >= 11 is 1.27. The van der Waals surface area contributed by atoms with Crippen LogP contribution in [0.5, 0.6) is 0 Å². The second-order valence-corrected chi connectivity index (χ2v) is 10.1. The quantitative estimate of drug-likeness (QED) is 0.619. The van der Waals surface area contributed by atoms with Gasteiger partial charge in [-0.15, -0.1) is 0 Å². The molecule has 162 valence electrons. The number of carbonyl (C=O) groups excluding carboxylic acids is 1. The Morgan fingerprint density at radius 1 is 1.16 bits per heavy atom. The lowest BCUT2D eigenvalue weighted by molar-refractivity contribution is 0.102. The maximum Gasteiger partial charge on any atom is 0.257 e. The van der Waals surface area contributed by atoms with Crippen LogP contribution in [-0.2, 0) is 10.0 Å². The predicted octanol–water partition coefficient (Wildman–Crippen LogP) is 4.08. The maximum atomic E-state index is 14.4. The Balaban J connectivity index is 1.58. The molecule has 2 aromatic heterocycles. The summed E-state index contributed by atoms with van der Waals surface area (Å²) in [6, 6.07) is 8.89. The molecule has 1 fully saturated rings. The van der Waals surface area contributed by atoms with Gasteiger partial charge in [0.15, 0.2) is 5.13 Å². The number of pyridine rings is 1. The molecule has 3 aromatic rings. The summed E-state index contributed by atoms with van der Waals surface area (Å²) in [6.45, 7) is 2.52. The molecule has 10 heteroatoms. The highest BCUT2D eigenvalue weighted by atomic mass is 32.2. The van der Waals surface area contributed by atoms with Crippen molar-refractivity contribution in [2.24, 2.45) is 0 Å². The van der Waals surface area contributed by atoms with E-state index in [1.807, 2.05) is 25.1 Å². The van der Waals surface area contributed by atoms with Crippen molar-refractivity contribution in [2.75, 3.05) is 18.4 Å². The molecule has 0 radical (unpaired) electrons. The van der Waals surface area contributed by atoms with Crippen LogP contribution in [0.2, 0.25) is 0 Å². The van der Waals surface area contributed by atoms with Crippen LogP contribution in [0.15, 0.2) is 47.5 Å². The van der Waals surface area contributed by atoms with Gasteiger partial charge in [-0.3, -0.25) is 15.1 Å². The van der Waals surface area contributed by atoms with Crippen molar-refractivity contribution < 1.29 is 17.6 Å². The molecule has 1 aromatic carbocycles. The molecule has 0 saturated carbocycles. The number of benzene rings is 1. The molecule has 0 spiro atoms. The Bertz CT molecular complexity index is 1210. The van der Waals surface area contributed by atoms with E-state index in [1.54, 1.807) is 6.20 Å². The van der Waals surface area contributed by atoms with Crippen LogP contribution in [0, 0.1) is 12.7 Å². The number of aromatic nitrogens is 2. The summed E-state index contributed by atoms with van der Waals surface area (Å²) in [5.41, 5.74) is 1.50. The zero-order valence-corrected chi connectivity index (χ0v) is 18.5. The fourth-order valence-corrected chi connectivity index (χ4v) is 5.99. The highest BCUT2D eigenvalue weighted by Crippen LogP contribution is 2.31. The number of aryl methyl sites for hydroxylation is 1. The highest BCUT2D eigenvalue weighted by Gasteiger charge is 2.29. The SMILES string of the molecule is Cc1nc(NC(=O)c2ccc(F)c(S(=O)(=O)N3CCCCC3)c2)sc1-c1ccccn1. The largest absolute Gasteiger partial charge is 0.298 e. The monoisotopic (exact) mass is 460 g/mol. The van der Waals surface area contributed by atoms with Gasteiger partial charge in [-0.1, -0.05) is 23.8 Å². The number of hydrogen-bond donors (Lipinski definition) is 1. The molecule has 3 heterocycles. The van der Waals surface area contributed by atoms with Crippen molar-refractivity contribution in [3.05, 3.63) is 59.7 Å². The summed E-state index contributed by atoms with van der Waals surface area (Å²) in [4.78, 5) is 21.7. The molecule has 31 heavy (non-hydrogen) atoms. The molecule has 4 rings (SSSR count). The zero-order chi connectivity index (χ0) is 22.0. The van der Waals surface area contributed by atoms with Crippen LogP contribution < -0.4 is 5.32 Å². The average molecular weight is 461 g/mol. The molecule has 1 aliphatic rings. The molecule has 0 unspecified atom stereocenters. The van der Waals surface area contributed by atoms with Crippen molar-refractivity contribution in [1.29, 1.82) is 0 Å². The minimum atomic E-state index is -4.00. The normalized spacial score (nSPS) is 15.0.